The minimum Gasteiger partial charge on any atom is -0.461 e. The van der Waals surface area contributed by atoms with Crippen LogP contribution in [-0.2, 0) is 17.5 Å². The minimum atomic E-state index is -4.38. The molecule has 2 aromatic rings. The number of hydrogen-bond acceptors (Lipinski definition) is 3. The van der Waals surface area contributed by atoms with Gasteiger partial charge in [0.1, 0.15) is 5.69 Å². The van der Waals surface area contributed by atoms with Crippen LogP contribution in [0.3, 0.4) is 0 Å². The molecule has 0 saturated carbocycles. The molecule has 2 rings (SSSR count). The Bertz CT molecular complexity index is 676. The second-order valence-corrected chi connectivity index (χ2v) is 4.93. The van der Waals surface area contributed by atoms with Gasteiger partial charge in [0.05, 0.1) is 17.9 Å². The molecule has 0 amide bonds. The molecule has 1 aromatic heterocycles. The second kappa shape index (κ2) is 6.85. The Kier molecular flexibility index (Phi) is 5.08. The summed E-state index contributed by atoms with van der Waals surface area (Å²) in [4.78, 5) is 11.9. The van der Waals surface area contributed by atoms with Crippen LogP contribution in [0.2, 0.25) is 0 Å². The van der Waals surface area contributed by atoms with Crippen molar-refractivity contribution in [2.75, 3.05) is 6.61 Å². The van der Waals surface area contributed by atoms with Gasteiger partial charge in [0.15, 0.2) is 0 Å². The zero-order valence-electron chi connectivity index (χ0n) is 12.9. The number of alkyl halides is 3. The monoisotopic (exact) mass is 326 g/mol. The topological polar surface area (TPSA) is 44.1 Å². The van der Waals surface area contributed by atoms with Gasteiger partial charge in [-0.15, -0.1) is 0 Å². The fourth-order valence-corrected chi connectivity index (χ4v) is 2.14. The summed E-state index contributed by atoms with van der Waals surface area (Å²) in [6.07, 6.45) is -3.61. The number of ether oxygens (including phenoxy) is 1. The molecule has 0 bridgehead atoms. The van der Waals surface area contributed by atoms with Crippen LogP contribution in [0.15, 0.2) is 30.3 Å². The van der Waals surface area contributed by atoms with E-state index in [1.54, 1.807) is 6.92 Å². The largest absolute Gasteiger partial charge is 0.461 e. The van der Waals surface area contributed by atoms with E-state index in [1.807, 2.05) is 6.92 Å². The number of halogens is 3. The molecule has 0 aliphatic rings. The van der Waals surface area contributed by atoms with E-state index in [0.717, 1.165) is 18.6 Å². The van der Waals surface area contributed by atoms with Gasteiger partial charge in [0.2, 0.25) is 0 Å². The predicted octanol–water partition coefficient (Wildman–Crippen LogP) is 4.16. The van der Waals surface area contributed by atoms with Gasteiger partial charge in [-0.25, -0.2) is 4.79 Å². The van der Waals surface area contributed by atoms with E-state index in [-0.39, 0.29) is 6.61 Å². The molecule has 0 radical (unpaired) electrons. The second-order valence-electron chi connectivity index (χ2n) is 4.93. The molecule has 0 unspecified atom stereocenters. The number of aromatic nitrogens is 2. The van der Waals surface area contributed by atoms with Gasteiger partial charge in [-0.2, -0.15) is 18.3 Å². The lowest BCUT2D eigenvalue weighted by molar-refractivity contribution is -0.137. The zero-order chi connectivity index (χ0) is 17.0. The highest BCUT2D eigenvalue weighted by molar-refractivity contribution is 5.89. The number of rotatable bonds is 5. The molecule has 1 aromatic carbocycles. The van der Waals surface area contributed by atoms with Crippen molar-refractivity contribution < 1.29 is 22.7 Å². The molecule has 1 heterocycles. The zero-order valence-corrected chi connectivity index (χ0v) is 12.9. The Hall–Kier alpha value is -2.31. The van der Waals surface area contributed by atoms with Crippen molar-refractivity contribution in [3.63, 3.8) is 0 Å². The van der Waals surface area contributed by atoms with Gasteiger partial charge in [-0.1, -0.05) is 19.1 Å². The summed E-state index contributed by atoms with van der Waals surface area (Å²) in [5.41, 5.74) is 0.525. The Morgan fingerprint density at radius 2 is 1.87 bits per heavy atom. The van der Waals surface area contributed by atoms with E-state index in [1.165, 1.54) is 22.9 Å². The molecular weight excluding hydrogens is 309 g/mol. The summed E-state index contributed by atoms with van der Waals surface area (Å²) < 4.78 is 44.3. The van der Waals surface area contributed by atoms with Crippen LogP contribution in [0.5, 0.6) is 0 Å². The van der Waals surface area contributed by atoms with E-state index in [9.17, 15) is 18.0 Å². The summed E-state index contributed by atoms with van der Waals surface area (Å²) in [5.74, 6) is -0.494. The molecule has 124 valence electrons. The smallest absolute Gasteiger partial charge is 0.416 e. The first-order valence-electron chi connectivity index (χ1n) is 7.29. The maximum atomic E-state index is 12.6. The number of esters is 1. The standard InChI is InChI=1S/C16H17F3N2O2/c1-3-9-21-14(15(22)23-4-2)10-13(20-21)11-5-7-12(8-6-11)16(17,18)19/h5-8,10H,3-4,9H2,1-2H3. The van der Waals surface area contributed by atoms with Gasteiger partial charge in [0, 0.05) is 12.1 Å². The van der Waals surface area contributed by atoms with Crippen LogP contribution in [0.25, 0.3) is 11.3 Å². The van der Waals surface area contributed by atoms with Gasteiger partial charge in [-0.05, 0) is 31.5 Å². The minimum absolute atomic E-state index is 0.242. The number of benzene rings is 1. The summed E-state index contributed by atoms with van der Waals surface area (Å²) in [5, 5.41) is 4.30. The molecule has 23 heavy (non-hydrogen) atoms. The van der Waals surface area contributed by atoms with Crippen LogP contribution < -0.4 is 0 Å². The van der Waals surface area contributed by atoms with Gasteiger partial charge in [0.25, 0.3) is 0 Å². The molecule has 0 aliphatic heterocycles. The molecule has 7 heteroatoms. The van der Waals surface area contributed by atoms with Crippen molar-refractivity contribution in [2.24, 2.45) is 0 Å². The lowest BCUT2D eigenvalue weighted by Gasteiger charge is -2.06. The molecule has 0 aliphatic carbocycles. The highest BCUT2D eigenvalue weighted by atomic mass is 19.4. The first kappa shape index (κ1) is 17.1. The van der Waals surface area contributed by atoms with Gasteiger partial charge >= 0.3 is 12.1 Å². The maximum absolute atomic E-state index is 12.6. The number of nitrogens with zero attached hydrogens (tertiary/aromatic N) is 2. The van der Waals surface area contributed by atoms with Crippen LogP contribution in [0.1, 0.15) is 36.3 Å². The average molecular weight is 326 g/mol. The molecule has 0 fully saturated rings. The number of aryl methyl sites for hydroxylation is 1. The Balaban J connectivity index is 2.36. The summed E-state index contributed by atoms with van der Waals surface area (Å²) in [6.45, 7) is 4.41. The number of carbonyl (C=O) groups is 1. The third kappa shape index (κ3) is 3.91. The van der Waals surface area contributed by atoms with Gasteiger partial charge < -0.3 is 4.74 Å². The first-order chi connectivity index (χ1) is 10.9. The molecule has 0 atom stereocenters. The quantitative estimate of drug-likeness (QED) is 0.775. The lowest BCUT2D eigenvalue weighted by Crippen LogP contribution is -2.13. The Morgan fingerprint density at radius 3 is 2.39 bits per heavy atom. The van der Waals surface area contributed by atoms with Crippen molar-refractivity contribution in [1.82, 2.24) is 9.78 Å². The maximum Gasteiger partial charge on any atom is 0.416 e. The normalized spacial score (nSPS) is 11.5. The third-order valence-electron chi connectivity index (χ3n) is 3.21. The lowest BCUT2D eigenvalue weighted by atomic mass is 10.1. The van der Waals surface area contributed by atoms with Gasteiger partial charge in [-0.3, -0.25) is 4.68 Å². The van der Waals surface area contributed by atoms with E-state index in [0.29, 0.717) is 23.5 Å². The summed E-state index contributed by atoms with van der Waals surface area (Å²) in [6, 6.07) is 6.22. The van der Waals surface area contributed by atoms with Crippen molar-refractivity contribution in [3.05, 3.63) is 41.6 Å². The summed E-state index contributed by atoms with van der Waals surface area (Å²) in [7, 11) is 0. The van der Waals surface area contributed by atoms with E-state index in [4.69, 9.17) is 4.74 Å². The van der Waals surface area contributed by atoms with E-state index in [2.05, 4.69) is 5.10 Å². The molecular formula is C16H17F3N2O2. The summed E-state index contributed by atoms with van der Waals surface area (Å²) >= 11 is 0. The predicted molar refractivity (Wildman–Crippen MR) is 78.9 cm³/mol. The highest BCUT2D eigenvalue weighted by Gasteiger charge is 2.30. The third-order valence-corrected chi connectivity index (χ3v) is 3.21. The molecule has 0 saturated heterocycles. The fourth-order valence-electron chi connectivity index (χ4n) is 2.14. The Labute approximate surface area is 131 Å². The van der Waals surface area contributed by atoms with Crippen molar-refractivity contribution in [1.29, 1.82) is 0 Å². The van der Waals surface area contributed by atoms with E-state index < -0.39 is 17.7 Å². The Morgan fingerprint density at radius 1 is 1.22 bits per heavy atom. The van der Waals surface area contributed by atoms with Crippen molar-refractivity contribution in [2.45, 2.75) is 33.0 Å². The van der Waals surface area contributed by atoms with Crippen molar-refractivity contribution in [3.8, 4) is 11.3 Å². The fraction of sp³-hybridized carbons (Fsp3) is 0.375. The average Bonchev–Trinajstić information content (AvgIpc) is 2.91. The van der Waals surface area contributed by atoms with Crippen LogP contribution in [-0.4, -0.2) is 22.4 Å². The SMILES string of the molecule is CCCn1nc(-c2ccc(C(F)(F)F)cc2)cc1C(=O)OCC. The molecule has 0 spiro atoms. The number of hydrogen-bond donors (Lipinski definition) is 0. The first-order valence-corrected chi connectivity index (χ1v) is 7.29. The molecule has 4 nitrogen and oxygen atoms in total. The molecule has 0 N–H and O–H groups in total. The van der Waals surface area contributed by atoms with Crippen LogP contribution >= 0.6 is 0 Å². The van der Waals surface area contributed by atoms with Crippen LogP contribution in [0, 0.1) is 0 Å². The van der Waals surface area contributed by atoms with Crippen molar-refractivity contribution >= 4 is 5.97 Å². The highest BCUT2D eigenvalue weighted by Crippen LogP contribution is 2.30. The number of carbonyl (C=O) groups excluding carboxylic acids is 1. The van der Waals surface area contributed by atoms with Crippen LogP contribution in [0.4, 0.5) is 13.2 Å². The van der Waals surface area contributed by atoms with E-state index >= 15 is 0 Å².